The van der Waals surface area contributed by atoms with Gasteiger partial charge in [0.2, 0.25) is 5.91 Å². The molecule has 1 aliphatic heterocycles. The molecule has 0 aromatic carbocycles. The summed E-state index contributed by atoms with van der Waals surface area (Å²) in [5.74, 6) is -0.892. The Bertz CT molecular complexity index is 299. The lowest BCUT2D eigenvalue weighted by atomic mass is 10.1. The van der Waals surface area contributed by atoms with Crippen molar-refractivity contribution in [3.8, 4) is 0 Å². The molecular weight excluding hydrogens is 248 g/mol. The topological polar surface area (TPSA) is 116 Å². The molecule has 2 atom stereocenters. The highest BCUT2D eigenvalue weighted by Gasteiger charge is 2.20. The highest BCUT2D eigenvalue weighted by atomic mass is 16.4. The lowest BCUT2D eigenvalue weighted by molar-refractivity contribution is -0.140. The number of hydrogen-bond donors (Lipinski definition) is 5. The van der Waals surface area contributed by atoms with Gasteiger partial charge in [-0.05, 0) is 45.1 Å². The number of carbonyl (C=O) groups excluding carboxylic acids is 1. The third-order valence-electron chi connectivity index (χ3n) is 3.16. The van der Waals surface area contributed by atoms with Gasteiger partial charge in [0, 0.05) is 6.42 Å². The van der Waals surface area contributed by atoms with E-state index in [1.165, 1.54) is 0 Å². The summed E-state index contributed by atoms with van der Waals surface area (Å²) < 4.78 is 0. The lowest BCUT2D eigenvalue weighted by Crippen LogP contribution is -2.55. The normalized spacial score (nSPS) is 21.5. The minimum absolute atomic E-state index is 0.00630. The van der Waals surface area contributed by atoms with Gasteiger partial charge in [-0.25, -0.2) is 10.9 Å². The van der Waals surface area contributed by atoms with Gasteiger partial charge in [-0.2, -0.15) is 0 Å². The maximum absolute atomic E-state index is 11.4. The predicted octanol–water partition coefficient (Wildman–Crippen LogP) is -0.321. The van der Waals surface area contributed by atoms with Crippen LogP contribution in [0.3, 0.4) is 0 Å². The smallest absolute Gasteiger partial charge is 0.322 e. The number of carbonyl (C=O) groups is 2. The van der Waals surface area contributed by atoms with Gasteiger partial charge in [0.05, 0.1) is 6.17 Å². The van der Waals surface area contributed by atoms with Crippen LogP contribution in [0.4, 0.5) is 0 Å². The molecule has 110 valence electrons. The summed E-state index contributed by atoms with van der Waals surface area (Å²) in [4.78, 5) is 22.5. The van der Waals surface area contributed by atoms with Crippen LogP contribution < -0.4 is 21.9 Å². The van der Waals surface area contributed by atoms with Crippen molar-refractivity contribution in [2.45, 2.75) is 57.2 Å². The van der Waals surface area contributed by atoms with Crippen LogP contribution in [-0.4, -0.2) is 35.7 Å². The van der Waals surface area contributed by atoms with Crippen LogP contribution in [-0.2, 0) is 9.59 Å². The molecule has 1 rings (SSSR count). The summed E-state index contributed by atoms with van der Waals surface area (Å²) in [6.45, 7) is 0.568. The van der Waals surface area contributed by atoms with Crippen molar-refractivity contribution in [2.24, 2.45) is 5.73 Å². The van der Waals surface area contributed by atoms with Crippen LogP contribution in [0, 0.1) is 0 Å². The summed E-state index contributed by atoms with van der Waals surface area (Å²) in [5, 5.41) is 11.9. The molecule has 0 radical (unpaired) electrons. The van der Waals surface area contributed by atoms with Crippen LogP contribution in [0.15, 0.2) is 0 Å². The standard InChI is InChI=1S/C12H24N4O3/c13-8-4-3-5-9(12(18)19)15-16-10-6-1-2-7-11(17)14-10/h9-10,15-16H,1-8,13H2,(H,14,17)(H,18,19)/t9-,10?/m0/s1. The first-order valence-corrected chi connectivity index (χ1v) is 6.86. The van der Waals surface area contributed by atoms with E-state index in [-0.39, 0.29) is 12.1 Å². The van der Waals surface area contributed by atoms with E-state index in [1.807, 2.05) is 0 Å². The molecule has 1 unspecified atom stereocenters. The van der Waals surface area contributed by atoms with E-state index in [0.717, 1.165) is 32.1 Å². The van der Waals surface area contributed by atoms with E-state index in [9.17, 15) is 9.59 Å². The first-order chi connectivity index (χ1) is 9.13. The number of hydrazine groups is 1. The summed E-state index contributed by atoms with van der Waals surface area (Å²) in [5.41, 5.74) is 11.1. The third-order valence-corrected chi connectivity index (χ3v) is 3.16. The van der Waals surface area contributed by atoms with Gasteiger partial charge in [0.1, 0.15) is 6.04 Å². The van der Waals surface area contributed by atoms with Crippen molar-refractivity contribution in [1.82, 2.24) is 16.2 Å². The SMILES string of the molecule is NCCCC[C@H](NNC1CCCCC(=O)N1)C(=O)O. The Hall–Kier alpha value is -1.18. The minimum Gasteiger partial charge on any atom is -0.480 e. The molecule has 0 aromatic heterocycles. The summed E-state index contributed by atoms with van der Waals surface area (Å²) in [6, 6.07) is -0.660. The van der Waals surface area contributed by atoms with Crippen LogP contribution in [0.2, 0.25) is 0 Å². The molecular formula is C12H24N4O3. The Morgan fingerprint density at radius 3 is 2.95 bits per heavy atom. The van der Waals surface area contributed by atoms with E-state index >= 15 is 0 Å². The second-order valence-corrected chi connectivity index (χ2v) is 4.83. The Morgan fingerprint density at radius 2 is 2.26 bits per heavy atom. The van der Waals surface area contributed by atoms with Gasteiger partial charge >= 0.3 is 5.97 Å². The second kappa shape index (κ2) is 8.84. The second-order valence-electron chi connectivity index (χ2n) is 4.83. The molecule has 1 aliphatic rings. The molecule has 1 fully saturated rings. The fraction of sp³-hybridized carbons (Fsp3) is 0.833. The molecule has 0 aromatic rings. The Morgan fingerprint density at radius 1 is 1.47 bits per heavy atom. The quantitative estimate of drug-likeness (QED) is 0.305. The number of carboxylic acids is 1. The molecule has 0 saturated carbocycles. The Kier molecular flexibility index (Phi) is 7.39. The number of unbranched alkanes of at least 4 members (excludes halogenated alkanes) is 1. The van der Waals surface area contributed by atoms with Crippen molar-refractivity contribution in [3.63, 3.8) is 0 Å². The van der Waals surface area contributed by atoms with Crippen molar-refractivity contribution in [1.29, 1.82) is 0 Å². The van der Waals surface area contributed by atoms with E-state index in [0.29, 0.717) is 19.4 Å². The lowest BCUT2D eigenvalue weighted by Gasteiger charge is -2.22. The molecule has 7 heteroatoms. The monoisotopic (exact) mass is 272 g/mol. The maximum Gasteiger partial charge on any atom is 0.322 e. The number of rotatable bonds is 8. The Labute approximate surface area is 113 Å². The summed E-state index contributed by atoms with van der Waals surface area (Å²) in [7, 11) is 0. The van der Waals surface area contributed by atoms with Crippen molar-refractivity contribution in [2.75, 3.05) is 6.54 Å². The van der Waals surface area contributed by atoms with Gasteiger partial charge in [0.15, 0.2) is 0 Å². The van der Waals surface area contributed by atoms with E-state index in [4.69, 9.17) is 10.8 Å². The zero-order valence-electron chi connectivity index (χ0n) is 11.2. The van der Waals surface area contributed by atoms with Gasteiger partial charge in [-0.15, -0.1) is 0 Å². The largest absolute Gasteiger partial charge is 0.480 e. The number of amides is 1. The number of nitrogens with one attached hydrogen (secondary N) is 3. The highest BCUT2D eigenvalue weighted by molar-refractivity contribution is 5.76. The molecule has 1 heterocycles. The van der Waals surface area contributed by atoms with Gasteiger partial charge in [-0.1, -0.05) is 0 Å². The van der Waals surface area contributed by atoms with Gasteiger partial charge in [0.25, 0.3) is 0 Å². The van der Waals surface area contributed by atoms with E-state index in [2.05, 4.69) is 16.2 Å². The van der Waals surface area contributed by atoms with Crippen molar-refractivity contribution in [3.05, 3.63) is 0 Å². The number of carboxylic acid groups (broad SMARTS) is 1. The van der Waals surface area contributed by atoms with Crippen LogP contribution in [0.1, 0.15) is 44.9 Å². The third kappa shape index (κ3) is 6.51. The fourth-order valence-electron chi connectivity index (χ4n) is 2.03. The zero-order chi connectivity index (χ0) is 14.1. The van der Waals surface area contributed by atoms with E-state index < -0.39 is 12.0 Å². The molecule has 6 N–H and O–H groups in total. The average Bonchev–Trinajstić information content (AvgIpc) is 2.57. The fourth-order valence-corrected chi connectivity index (χ4v) is 2.03. The number of nitrogens with two attached hydrogens (primary N) is 1. The minimum atomic E-state index is -0.899. The highest BCUT2D eigenvalue weighted by Crippen LogP contribution is 2.07. The molecule has 0 bridgehead atoms. The molecule has 1 amide bonds. The molecule has 7 nitrogen and oxygen atoms in total. The first kappa shape index (κ1) is 15.9. The molecule has 19 heavy (non-hydrogen) atoms. The predicted molar refractivity (Wildman–Crippen MR) is 71.0 cm³/mol. The maximum atomic E-state index is 11.4. The molecule has 1 saturated heterocycles. The van der Waals surface area contributed by atoms with Crippen LogP contribution in [0.25, 0.3) is 0 Å². The van der Waals surface area contributed by atoms with E-state index in [1.54, 1.807) is 0 Å². The van der Waals surface area contributed by atoms with Crippen molar-refractivity contribution >= 4 is 11.9 Å². The molecule has 0 spiro atoms. The van der Waals surface area contributed by atoms with Crippen LogP contribution in [0.5, 0.6) is 0 Å². The molecule has 0 aliphatic carbocycles. The summed E-state index contributed by atoms with van der Waals surface area (Å²) in [6.07, 6.45) is 5.05. The Balaban J connectivity index is 2.33. The number of hydrogen-bond acceptors (Lipinski definition) is 5. The zero-order valence-corrected chi connectivity index (χ0v) is 11.2. The number of aliphatic carboxylic acids is 1. The first-order valence-electron chi connectivity index (χ1n) is 6.86. The summed E-state index contributed by atoms with van der Waals surface area (Å²) >= 11 is 0. The van der Waals surface area contributed by atoms with Crippen molar-refractivity contribution < 1.29 is 14.7 Å². The van der Waals surface area contributed by atoms with Crippen LogP contribution >= 0.6 is 0 Å². The van der Waals surface area contributed by atoms with Gasteiger partial charge < -0.3 is 16.2 Å². The van der Waals surface area contributed by atoms with Gasteiger partial charge in [-0.3, -0.25) is 9.59 Å². The average molecular weight is 272 g/mol.